The zero-order chi connectivity index (χ0) is 23.1. The van der Waals surface area contributed by atoms with Gasteiger partial charge in [-0.15, -0.1) is 23.5 Å². The second-order valence-corrected chi connectivity index (χ2v) is 12.1. The Labute approximate surface area is 207 Å². The highest BCUT2D eigenvalue weighted by molar-refractivity contribution is 8.00. The minimum Gasteiger partial charge on any atom is -0.300 e. The van der Waals surface area contributed by atoms with E-state index in [1.807, 2.05) is 23.5 Å². The van der Waals surface area contributed by atoms with Gasteiger partial charge in [-0.05, 0) is 49.8 Å². The molecular formula is C30H34OS2. The number of benzene rings is 3. The highest BCUT2D eigenvalue weighted by atomic mass is 32.2. The van der Waals surface area contributed by atoms with Crippen LogP contribution < -0.4 is 0 Å². The molecule has 1 aliphatic carbocycles. The number of carbonyl (C=O) groups excluding carboxylic acids is 1. The van der Waals surface area contributed by atoms with E-state index in [4.69, 9.17) is 0 Å². The third kappa shape index (κ3) is 7.01. The SMILES string of the molecule is Cc1ccc(CS[C@H](C[C@]2(SCc3ccc(C)cc3)CCCC(=O)C2)c2ccccc2)cc1. The lowest BCUT2D eigenvalue weighted by atomic mass is 9.83. The van der Waals surface area contributed by atoms with Crippen LogP contribution in [0.2, 0.25) is 0 Å². The van der Waals surface area contributed by atoms with E-state index in [1.165, 1.54) is 27.8 Å². The summed E-state index contributed by atoms with van der Waals surface area (Å²) in [5, 5.41) is 0.379. The molecule has 33 heavy (non-hydrogen) atoms. The first-order chi connectivity index (χ1) is 16.0. The number of ketones is 1. The Kier molecular flexibility index (Phi) is 8.38. The minimum atomic E-state index is 0.0149. The summed E-state index contributed by atoms with van der Waals surface area (Å²) in [5.41, 5.74) is 6.70. The van der Waals surface area contributed by atoms with Gasteiger partial charge in [0, 0.05) is 34.3 Å². The minimum absolute atomic E-state index is 0.0149. The first-order valence-corrected chi connectivity index (χ1v) is 14.0. The van der Waals surface area contributed by atoms with Gasteiger partial charge in [0.05, 0.1) is 0 Å². The van der Waals surface area contributed by atoms with Crippen LogP contribution in [0, 0.1) is 13.8 Å². The first kappa shape index (κ1) is 24.2. The van der Waals surface area contributed by atoms with Crippen LogP contribution >= 0.6 is 23.5 Å². The zero-order valence-corrected chi connectivity index (χ0v) is 21.4. The highest BCUT2D eigenvalue weighted by Gasteiger charge is 2.38. The maximum atomic E-state index is 12.6. The van der Waals surface area contributed by atoms with Crippen LogP contribution in [0.15, 0.2) is 78.9 Å². The lowest BCUT2D eigenvalue weighted by molar-refractivity contribution is -0.121. The molecule has 0 radical (unpaired) electrons. The third-order valence-corrected chi connectivity index (χ3v) is 9.52. The monoisotopic (exact) mass is 474 g/mol. The summed E-state index contributed by atoms with van der Waals surface area (Å²) in [6, 6.07) is 28.7. The number of carbonyl (C=O) groups is 1. The number of aryl methyl sites for hydroxylation is 2. The summed E-state index contributed by atoms with van der Waals surface area (Å²) in [6.07, 6.45) is 4.64. The van der Waals surface area contributed by atoms with Gasteiger partial charge in [-0.2, -0.15) is 0 Å². The summed E-state index contributed by atoms with van der Waals surface area (Å²) in [4.78, 5) is 12.6. The molecule has 0 bridgehead atoms. The summed E-state index contributed by atoms with van der Waals surface area (Å²) in [7, 11) is 0. The Morgan fingerprint density at radius 2 is 1.42 bits per heavy atom. The molecule has 3 aromatic rings. The van der Waals surface area contributed by atoms with Crippen LogP contribution in [0.3, 0.4) is 0 Å². The lowest BCUT2D eigenvalue weighted by Gasteiger charge is -2.39. The van der Waals surface area contributed by atoms with Crippen LogP contribution in [0.4, 0.5) is 0 Å². The largest absolute Gasteiger partial charge is 0.300 e. The van der Waals surface area contributed by atoms with E-state index < -0.39 is 0 Å². The molecule has 172 valence electrons. The molecule has 3 aromatic carbocycles. The van der Waals surface area contributed by atoms with Crippen LogP contribution in [0.5, 0.6) is 0 Å². The number of hydrogen-bond acceptors (Lipinski definition) is 3. The predicted molar refractivity (Wildman–Crippen MR) is 145 cm³/mol. The Morgan fingerprint density at radius 1 is 0.818 bits per heavy atom. The van der Waals surface area contributed by atoms with Gasteiger partial charge >= 0.3 is 0 Å². The van der Waals surface area contributed by atoms with Crippen LogP contribution in [-0.2, 0) is 16.3 Å². The van der Waals surface area contributed by atoms with E-state index in [0.717, 1.165) is 37.2 Å². The molecule has 0 aliphatic heterocycles. The van der Waals surface area contributed by atoms with E-state index in [2.05, 4.69) is 92.7 Å². The Hall–Kier alpha value is -1.97. The van der Waals surface area contributed by atoms with Crippen molar-refractivity contribution in [1.82, 2.24) is 0 Å². The van der Waals surface area contributed by atoms with Crippen LogP contribution in [0.25, 0.3) is 0 Å². The van der Waals surface area contributed by atoms with Crippen molar-refractivity contribution in [2.45, 2.75) is 67.5 Å². The Balaban J connectivity index is 1.54. The molecule has 4 rings (SSSR count). The van der Waals surface area contributed by atoms with E-state index >= 15 is 0 Å². The third-order valence-electron chi connectivity index (χ3n) is 6.57. The smallest absolute Gasteiger partial charge is 0.134 e. The van der Waals surface area contributed by atoms with Gasteiger partial charge in [0.15, 0.2) is 0 Å². The standard InChI is InChI=1S/C30H34OS2/c1-23-10-14-25(15-11-23)21-32-29(27-7-4-3-5-8-27)20-30(18-6-9-28(31)19-30)33-22-26-16-12-24(2)13-17-26/h3-5,7-8,10-17,29H,6,9,18-22H2,1-2H3/t29-,30+/m1/s1. The van der Waals surface area contributed by atoms with Gasteiger partial charge < -0.3 is 0 Å². The van der Waals surface area contributed by atoms with Crippen molar-refractivity contribution in [3.05, 3.63) is 107 Å². The first-order valence-electron chi connectivity index (χ1n) is 11.9. The van der Waals surface area contributed by atoms with E-state index in [0.29, 0.717) is 17.5 Å². The van der Waals surface area contributed by atoms with Crippen molar-refractivity contribution in [2.75, 3.05) is 0 Å². The van der Waals surface area contributed by atoms with E-state index in [9.17, 15) is 4.79 Å². The topological polar surface area (TPSA) is 17.1 Å². The summed E-state index contributed by atoms with van der Waals surface area (Å²) < 4.78 is 0.0149. The fourth-order valence-electron chi connectivity index (χ4n) is 4.58. The van der Waals surface area contributed by atoms with Gasteiger partial charge in [-0.1, -0.05) is 90.0 Å². The number of rotatable bonds is 9. The van der Waals surface area contributed by atoms with Gasteiger partial charge in [0.2, 0.25) is 0 Å². The average molecular weight is 475 g/mol. The van der Waals surface area contributed by atoms with E-state index in [1.54, 1.807) is 0 Å². The van der Waals surface area contributed by atoms with Gasteiger partial charge in [-0.3, -0.25) is 4.79 Å². The van der Waals surface area contributed by atoms with Crippen molar-refractivity contribution < 1.29 is 4.79 Å². The van der Waals surface area contributed by atoms with Crippen LogP contribution in [0.1, 0.15) is 65.2 Å². The molecule has 2 atom stereocenters. The zero-order valence-electron chi connectivity index (χ0n) is 19.8. The Morgan fingerprint density at radius 3 is 2.03 bits per heavy atom. The molecule has 1 saturated carbocycles. The highest BCUT2D eigenvalue weighted by Crippen LogP contribution is 2.49. The molecule has 1 fully saturated rings. The van der Waals surface area contributed by atoms with Crippen molar-refractivity contribution >= 4 is 29.3 Å². The fourth-order valence-corrected chi connectivity index (χ4v) is 7.56. The van der Waals surface area contributed by atoms with Crippen molar-refractivity contribution in [3.63, 3.8) is 0 Å². The second-order valence-electron chi connectivity index (χ2n) is 9.43. The summed E-state index contributed by atoms with van der Waals surface area (Å²) >= 11 is 4.05. The average Bonchev–Trinajstić information content (AvgIpc) is 2.83. The molecule has 0 N–H and O–H groups in total. The van der Waals surface area contributed by atoms with E-state index in [-0.39, 0.29) is 4.75 Å². The fraction of sp³-hybridized carbons (Fsp3) is 0.367. The molecule has 0 saturated heterocycles. The molecular weight excluding hydrogens is 440 g/mol. The number of Topliss-reactive ketones (excluding diaryl/α,β-unsaturated/α-hetero) is 1. The Bertz CT molecular complexity index is 1030. The van der Waals surface area contributed by atoms with Gasteiger partial charge in [0.1, 0.15) is 5.78 Å². The maximum absolute atomic E-state index is 12.6. The second kappa shape index (κ2) is 11.4. The van der Waals surface area contributed by atoms with Crippen LogP contribution in [-0.4, -0.2) is 10.5 Å². The quantitative estimate of drug-likeness (QED) is 0.309. The summed E-state index contributed by atoms with van der Waals surface area (Å²) in [5.74, 6) is 2.40. The van der Waals surface area contributed by atoms with Crippen molar-refractivity contribution in [3.8, 4) is 0 Å². The molecule has 0 unspecified atom stereocenters. The molecule has 1 aliphatic rings. The number of thioether (sulfide) groups is 2. The molecule has 0 aromatic heterocycles. The lowest BCUT2D eigenvalue weighted by Crippen LogP contribution is -2.34. The van der Waals surface area contributed by atoms with Crippen molar-refractivity contribution in [2.24, 2.45) is 0 Å². The molecule has 3 heteroatoms. The number of hydrogen-bond donors (Lipinski definition) is 0. The molecule has 1 nitrogen and oxygen atoms in total. The maximum Gasteiger partial charge on any atom is 0.134 e. The van der Waals surface area contributed by atoms with Crippen molar-refractivity contribution in [1.29, 1.82) is 0 Å². The molecule has 0 heterocycles. The normalized spacial score (nSPS) is 19.4. The predicted octanol–water partition coefficient (Wildman–Crippen LogP) is 8.48. The summed E-state index contributed by atoms with van der Waals surface area (Å²) in [6.45, 7) is 4.27. The van der Waals surface area contributed by atoms with Gasteiger partial charge in [-0.25, -0.2) is 0 Å². The molecule has 0 spiro atoms. The molecule has 0 amide bonds. The van der Waals surface area contributed by atoms with Gasteiger partial charge in [0.25, 0.3) is 0 Å².